The van der Waals surface area contributed by atoms with Gasteiger partial charge in [0, 0.05) is 0 Å². The lowest BCUT2D eigenvalue weighted by molar-refractivity contribution is -0.310. The van der Waals surface area contributed by atoms with Crippen LogP contribution in [0, 0.1) is 0 Å². The van der Waals surface area contributed by atoms with E-state index in [0.717, 1.165) is 22.2 Å². The van der Waals surface area contributed by atoms with Gasteiger partial charge in [-0.3, -0.25) is 9.69 Å². The molecule has 0 radical (unpaired) electrons. The van der Waals surface area contributed by atoms with Crippen LogP contribution >= 0.6 is 24.0 Å². The van der Waals surface area contributed by atoms with Gasteiger partial charge in [-0.2, -0.15) is 0 Å². The van der Waals surface area contributed by atoms with Crippen LogP contribution in [-0.2, 0) is 9.59 Å². The van der Waals surface area contributed by atoms with E-state index in [1.54, 1.807) is 24.3 Å². The van der Waals surface area contributed by atoms with Crippen molar-refractivity contribution in [1.82, 2.24) is 4.90 Å². The first-order valence-electron chi connectivity index (χ1n) is 7.79. The summed E-state index contributed by atoms with van der Waals surface area (Å²) in [6.45, 7) is 5.85. The first kappa shape index (κ1) is 19.2. The maximum atomic E-state index is 12.6. The van der Waals surface area contributed by atoms with Crippen molar-refractivity contribution < 1.29 is 19.4 Å². The van der Waals surface area contributed by atoms with Gasteiger partial charge in [-0.15, -0.1) is 0 Å². The zero-order valence-electron chi connectivity index (χ0n) is 13.8. The highest BCUT2D eigenvalue weighted by Gasteiger charge is 2.37. The largest absolute Gasteiger partial charge is 0.548 e. The fourth-order valence-corrected chi connectivity index (χ4v) is 3.70. The number of hydrogen-bond donors (Lipinski definition) is 0. The van der Waals surface area contributed by atoms with Crippen LogP contribution in [0.1, 0.15) is 25.3 Å². The number of rotatable bonds is 8. The quantitative estimate of drug-likeness (QED) is 0.394. The monoisotopic (exact) mass is 376 g/mol. The highest BCUT2D eigenvalue weighted by atomic mass is 32.2. The first-order valence-corrected chi connectivity index (χ1v) is 9.02. The predicted octanol–water partition coefficient (Wildman–Crippen LogP) is 2.37. The van der Waals surface area contributed by atoms with E-state index in [4.69, 9.17) is 17.0 Å². The lowest BCUT2D eigenvalue weighted by Gasteiger charge is -2.27. The molecule has 0 aromatic heterocycles. The smallest absolute Gasteiger partial charge is 0.266 e. The first-order chi connectivity index (χ1) is 12.0. The summed E-state index contributed by atoms with van der Waals surface area (Å²) in [5.74, 6) is -0.989. The number of hydrogen-bond acceptors (Lipinski definition) is 6. The molecule has 1 fully saturated rings. The molecule has 1 heterocycles. The number of carbonyl (C=O) groups is 2. The molecular weight excluding hydrogens is 358 g/mol. The molecule has 25 heavy (non-hydrogen) atoms. The molecule has 0 spiro atoms. The van der Waals surface area contributed by atoms with Crippen molar-refractivity contribution in [2.75, 3.05) is 6.61 Å². The Morgan fingerprint density at radius 2 is 2.12 bits per heavy atom. The molecule has 132 valence electrons. The van der Waals surface area contributed by atoms with Crippen LogP contribution in [0.15, 0.2) is 41.8 Å². The van der Waals surface area contributed by atoms with E-state index in [1.165, 1.54) is 0 Å². The highest BCUT2D eigenvalue weighted by molar-refractivity contribution is 8.26. The van der Waals surface area contributed by atoms with Crippen LogP contribution in [-0.4, -0.2) is 33.7 Å². The van der Waals surface area contributed by atoms with Crippen molar-refractivity contribution in [2.45, 2.75) is 25.8 Å². The number of nitrogens with zero attached hydrogens (tertiary/aromatic N) is 1. The van der Waals surface area contributed by atoms with Gasteiger partial charge in [0.15, 0.2) is 0 Å². The van der Waals surface area contributed by atoms with Crippen LogP contribution in [0.25, 0.3) is 6.08 Å². The van der Waals surface area contributed by atoms with Gasteiger partial charge in [-0.05, 0) is 30.2 Å². The number of thioether (sulfide) groups is 1. The molecule has 0 aliphatic carbocycles. The summed E-state index contributed by atoms with van der Waals surface area (Å²) in [4.78, 5) is 25.5. The molecule has 1 aliphatic rings. The fourth-order valence-electron chi connectivity index (χ4n) is 2.34. The molecule has 0 saturated carbocycles. The Kier molecular flexibility index (Phi) is 6.78. The molecule has 2 rings (SSSR count). The average molecular weight is 376 g/mol. The molecule has 1 atom stereocenters. The maximum absolute atomic E-state index is 12.6. The summed E-state index contributed by atoms with van der Waals surface area (Å²) in [5, 5.41) is 11.3. The standard InChI is InChI=1S/C18H19NO4S2/c1-3-5-14(17(21)22)19-16(20)15(25-18(19)24)11-12-6-8-13(9-7-12)23-10-4-2/h4,6-9,11,14H,2-3,5,10H2,1H3,(H,21,22)/p-1/b15-11-/t14-/m0/s1. The maximum Gasteiger partial charge on any atom is 0.266 e. The van der Waals surface area contributed by atoms with Crippen molar-refractivity contribution in [1.29, 1.82) is 0 Å². The minimum atomic E-state index is -1.29. The van der Waals surface area contributed by atoms with E-state index in [1.807, 2.05) is 19.1 Å². The van der Waals surface area contributed by atoms with E-state index in [0.29, 0.717) is 30.1 Å². The lowest BCUT2D eigenvalue weighted by Crippen LogP contribution is -2.49. The zero-order chi connectivity index (χ0) is 18.4. The summed E-state index contributed by atoms with van der Waals surface area (Å²) >= 11 is 6.30. The van der Waals surface area contributed by atoms with E-state index in [9.17, 15) is 14.7 Å². The molecule has 1 saturated heterocycles. The Morgan fingerprint density at radius 3 is 2.68 bits per heavy atom. The highest BCUT2D eigenvalue weighted by Crippen LogP contribution is 2.34. The van der Waals surface area contributed by atoms with Crippen LogP contribution in [0.2, 0.25) is 0 Å². The minimum Gasteiger partial charge on any atom is -0.548 e. The lowest BCUT2D eigenvalue weighted by atomic mass is 10.1. The number of thiocarbonyl (C=S) groups is 1. The van der Waals surface area contributed by atoms with Gasteiger partial charge in [0.05, 0.1) is 16.9 Å². The van der Waals surface area contributed by atoms with Crippen molar-refractivity contribution in [3.8, 4) is 5.75 Å². The van der Waals surface area contributed by atoms with Gasteiger partial charge in [0.2, 0.25) is 0 Å². The summed E-state index contributed by atoms with van der Waals surface area (Å²) in [7, 11) is 0. The number of carboxylic acids is 1. The van der Waals surface area contributed by atoms with Gasteiger partial charge in [-0.25, -0.2) is 0 Å². The number of carboxylic acid groups (broad SMARTS) is 1. The van der Waals surface area contributed by atoms with Crippen LogP contribution in [0.3, 0.4) is 0 Å². The topological polar surface area (TPSA) is 69.7 Å². The van der Waals surface area contributed by atoms with E-state index < -0.39 is 17.9 Å². The molecule has 0 N–H and O–H groups in total. The van der Waals surface area contributed by atoms with E-state index in [2.05, 4.69) is 6.58 Å². The summed E-state index contributed by atoms with van der Waals surface area (Å²) in [6.07, 6.45) is 4.26. The molecule has 0 unspecified atom stereocenters. The van der Waals surface area contributed by atoms with Crippen LogP contribution < -0.4 is 9.84 Å². The van der Waals surface area contributed by atoms with E-state index >= 15 is 0 Å². The number of amides is 1. The number of aliphatic carboxylic acids is 1. The number of carbonyl (C=O) groups excluding carboxylic acids is 2. The second kappa shape index (κ2) is 8.82. The molecule has 0 bridgehead atoms. The van der Waals surface area contributed by atoms with E-state index in [-0.39, 0.29) is 4.32 Å². The second-order valence-corrected chi connectivity index (χ2v) is 7.02. The Bertz CT molecular complexity index is 712. The zero-order valence-corrected chi connectivity index (χ0v) is 15.4. The molecule has 1 aromatic carbocycles. The SMILES string of the molecule is C=CCOc1ccc(/C=C2\SC(=S)N([C@@H](CCC)C(=O)[O-])C2=O)cc1. The third-order valence-electron chi connectivity index (χ3n) is 3.52. The Balaban J connectivity index is 2.19. The third kappa shape index (κ3) is 4.70. The molecular formula is C18H18NO4S2-. The second-order valence-electron chi connectivity index (χ2n) is 5.34. The summed E-state index contributed by atoms with van der Waals surface area (Å²) in [5.41, 5.74) is 0.798. The molecule has 1 amide bonds. The van der Waals surface area contributed by atoms with Gasteiger partial charge < -0.3 is 14.6 Å². The van der Waals surface area contributed by atoms with Gasteiger partial charge in [0.25, 0.3) is 5.91 Å². The number of benzene rings is 1. The third-order valence-corrected chi connectivity index (χ3v) is 4.85. The van der Waals surface area contributed by atoms with Gasteiger partial charge >= 0.3 is 0 Å². The molecule has 1 aliphatic heterocycles. The molecule has 5 nitrogen and oxygen atoms in total. The van der Waals surface area contributed by atoms with Crippen molar-refractivity contribution in [3.05, 3.63) is 47.4 Å². The summed E-state index contributed by atoms with van der Waals surface area (Å²) < 4.78 is 5.65. The molecule has 1 aromatic rings. The Morgan fingerprint density at radius 1 is 1.44 bits per heavy atom. The van der Waals surface area contributed by atoms with Crippen molar-refractivity contribution in [2.24, 2.45) is 0 Å². The van der Waals surface area contributed by atoms with Crippen molar-refractivity contribution >= 4 is 46.3 Å². The fraction of sp³-hybridized carbons (Fsp3) is 0.278. The summed E-state index contributed by atoms with van der Waals surface area (Å²) in [6, 6.07) is 6.17. The Labute approximate surface area is 156 Å². The van der Waals surface area contributed by atoms with Crippen LogP contribution in [0.5, 0.6) is 5.75 Å². The van der Waals surface area contributed by atoms with Crippen molar-refractivity contribution in [3.63, 3.8) is 0 Å². The van der Waals surface area contributed by atoms with Gasteiger partial charge in [0.1, 0.15) is 16.7 Å². The number of ether oxygens (including phenoxy) is 1. The average Bonchev–Trinajstić information content (AvgIpc) is 2.86. The predicted molar refractivity (Wildman–Crippen MR) is 101 cm³/mol. The Hall–Kier alpha value is -2.12. The van der Waals surface area contributed by atoms with Gasteiger partial charge in [-0.1, -0.05) is 62.1 Å². The van der Waals surface area contributed by atoms with Crippen LogP contribution in [0.4, 0.5) is 0 Å². The molecule has 7 heteroatoms. The minimum absolute atomic E-state index is 0.241. The normalized spacial score (nSPS) is 17.0.